The van der Waals surface area contributed by atoms with E-state index in [1.165, 1.54) is 0 Å². The largest absolute Gasteiger partial charge is 0.726 e. The van der Waals surface area contributed by atoms with Crippen molar-refractivity contribution in [3.63, 3.8) is 0 Å². The van der Waals surface area contributed by atoms with E-state index in [1.807, 2.05) is 0 Å². The lowest BCUT2D eigenvalue weighted by Crippen LogP contribution is -2.38. The molecule has 0 aromatic rings. The van der Waals surface area contributed by atoms with Crippen LogP contribution in [0.5, 0.6) is 0 Å². The molecule has 0 aliphatic heterocycles. The fraction of sp³-hybridized carbons (Fsp3) is 1.00. The first-order chi connectivity index (χ1) is 6.89. The predicted octanol–water partition coefficient (Wildman–Crippen LogP) is -1.27. The van der Waals surface area contributed by atoms with Crippen LogP contribution in [-0.4, -0.2) is 53.7 Å². The van der Waals surface area contributed by atoms with Gasteiger partial charge in [-0.15, -0.1) is 0 Å². The molecule has 7 N–H and O–H groups in total. The van der Waals surface area contributed by atoms with E-state index in [1.54, 1.807) is 0 Å². The molecule has 100 valence electrons. The molecule has 0 heterocycles. The second-order valence-electron chi connectivity index (χ2n) is 3.10. The van der Waals surface area contributed by atoms with Crippen molar-refractivity contribution in [2.45, 2.75) is 24.9 Å². The molecule has 0 unspecified atom stereocenters. The molecule has 0 fully saturated rings. The first-order valence-corrected chi connectivity index (χ1v) is 5.71. The molecule has 0 saturated heterocycles. The van der Waals surface area contributed by atoms with Gasteiger partial charge in [-0.25, -0.2) is 8.42 Å². The summed E-state index contributed by atoms with van der Waals surface area (Å²) in [6.45, 7) is -1.22. The van der Waals surface area contributed by atoms with Gasteiger partial charge in [0.15, 0.2) is 0 Å². The molecule has 0 rings (SSSR count). The molecule has 16 heavy (non-hydrogen) atoms. The molecular formula is C7H19NO7S. The predicted molar refractivity (Wildman–Crippen MR) is 54.6 cm³/mol. The van der Waals surface area contributed by atoms with Gasteiger partial charge in [0, 0.05) is 39.1 Å². The molecule has 0 atom stereocenters. The van der Waals surface area contributed by atoms with Gasteiger partial charge in [0.25, 0.3) is 0 Å². The topological polar surface area (TPSA) is 164 Å². The first-order valence-electron chi connectivity index (χ1n) is 4.38. The quantitative estimate of drug-likeness (QED) is 0.312. The average molecular weight is 261 g/mol. The van der Waals surface area contributed by atoms with Crippen LogP contribution >= 0.6 is 0 Å². The Kier molecular flexibility index (Phi) is 8.93. The lowest BCUT2D eigenvalue weighted by molar-refractivity contribution is -0.00439. The second kappa shape index (κ2) is 7.90. The minimum absolute atomic E-state index is 0. The molecule has 0 bridgehead atoms. The minimum atomic E-state index is -4.93. The maximum atomic E-state index is 10.4. The number of hydrogen-bond donors (Lipinski definition) is 4. The van der Waals surface area contributed by atoms with Crippen molar-refractivity contribution in [3.8, 4) is 0 Å². The molecule has 0 aliphatic rings. The summed E-state index contributed by atoms with van der Waals surface area (Å²) in [6.07, 6.45) is -0.430. The Labute approximate surface area is 94.4 Å². The summed E-state index contributed by atoms with van der Waals surface area (Å²) in [4.78, 5) is 0. The van der Waals surface area contributed by atoms with Crippen molar-refractivity contribution in [3.05, 3.63) is 0 Å². The van der Waals surface area contributed by atoms with Crippen LogP contribution in [0.3, 0.4) is 0 Å². The number of aliphatic hydroxyl groups excluding tert-OH is 3. The van der Waals surface area contributed by atoms with Crippen LogP contribution < -0.4 is 6.15 Å². The molecule has 0 saturated carbocycles. The standard InChI is InChI=1S/C7H16O7S.H3N/c8-4-1-7(2-5-9,3-6-10)14-15(11,12)13;/h8-10H,1-6H2,(H,11,12,13);1H3. The normalized spacial score (nSPS) is 12.2. The molecule has 9 heteroatoms. The Morgan fingerprint density at radius 3 is 1.50 bits per heavy atom. The summed E-state index contributed by atoms with van der Waals surface area (Å²) in [5.74, 6) is 0. The Bertz CT molecular complexity index is 249. The highest BCUT2D eigenvalue weighted by Gasteiger charge is 2.32. The maximum absolute atomic E-state index is 10.4. The Morgan fingerprint density at radius 2 is 1.31 bits per heavy atom. The number of hydrogen-bond acceptors (Lipinski definition) is 7. The number of quaternary nitrogens is 1. The van der Waals surface area contributed by atoms with Crippen LogP contribution in [0.25, 0.3) is 0 Å². The van der Waals surface area contributed by atoms with Gasteiger partial charge < -0.3 is 26.0 Å². The molecule has 0 aliphatic carbocycles. The van der Waals surface area contributed by atoms with E-state index in [0.29, 0.717) is 0 Å². The van der Waals surface area contributed by atoms with Gasteiger partial charge in [-0.3, -0.25) is 4.18 Å². The van der Waals surface area contributed by atoms with E-state index < -0.39 is 35.8 Å². The summed E-state index contributed by atoms with van der Waals surface area (Å²) in [5.41, 5.74) is -1.52. The fourth-order valence-corrected chi connectivity index (χ4v) is 2.01. The van der Waals surface area contributed by atoms with Crippen molar-refractivity contribution in [1.29, 1.82) is 0 Å². The van der Waals surface area contributed by atoms with E-state index in [4.69, 9.17) is 15.3 Å². The van der Waals surface area contributed by atoms with Crippen molar-refractivity contribution in [1.82, 2.24) is 6.15 Å². The van der Waals surface area contributed by atoms with Gasteiger partial charge in [-0.2, -0.15) is 0 Å². The van der Waals surface area contributed by atoms with E-state index >= 15 is 0 Å². The minimum Gasteiger partial charge on any atom is -0.726 e. The van der Waals surface area contributed by atoms with Gasteiger partial charge in [0.2, 0.25) is 10.4 Å². The molecule has 0 radical (unpaired) electrons. The van der Waals surface area contributed by atoms with Crippen LogP contribution in [0, 0.1) is 0 Å². The van der Waals surface area contributed by atoms with E-state index in [-0.39, 0.29) is 25.4 Å². The average Bonchev–Trinajstić information content (AvgIpc) is 2.01. The zero-order valence-corrected chi connectivity index (χ0v) is 9.94. The third kappa shape index (κ3) is 7.06. The van der Waals surface area contributed by atoms with Crippen molar-refractivity contribution in [2.75, 3.05) is 19.8 Å². The highest BCUT2D eigenvalue weighted by Crippen LogP contribution is 2.26. The van der Waals surface area contributed by atoms with Crippen LogP contribution in [0.15, 0.2) is 0 Å². The third-order valence-corrected chi connectivity index (χ3v) is 2.54. The van der Waals surface area contributed by atoms with Gasteiger partial charge in [0.05, 0.1) is 5.60 Å². The molecular weight excluding hydrogens is 242 g/mol. The summed E-state index contributed by atoms with van der Waals surface area (Å²) in [6, 6.07) is 0. The van der Waals surface area contributed by atoms with Gasteiger partial charge in [0.1, 0.15) is 0 Å². The Morgan fingerprint density at radius 1 is 1.00 bits per heavy atom. The zero-order chi connectivity index (χ0) is 11.9. The summed E-state index contributed by atoms with van der Waals surface area (Å²) in [5, 5.41) is 26.1. The summed E-state index contributed by atoms with van der Waals surface area (Å²) >= 11 is 0. The van der Waals surface area contributed by atoms with Gasteiger partial charge in [-0.05, 0) is 0 Å². The van der Waals surface area contributed by atoms with Crippen LogP contribution in [0.1, 0.15) is 19.3 Å². The molecule has 0 amide bonds. The molecule has 0 spiro atoms. The third-order valence-electron chi connectivity index (χ3n) is 1.98. The highest BCUT2D eigenvalue weighted by atomic mass is 32.3. The van der Waals surface area contributed by atoms with Crippen molar-refractivity contribution in [2.24, 2.45) is 0 Å². The van der Waals surface area contributed by atoms with Crippen molar-refractivity contribution < 1.29 is 32.5 Å². The van der Waals surface area contributed by atoms with Gasteiger partial charge in [-0.1, -0.05) is 0 Å². The van der Waals surface area contributed by atoms with E-state index in [9.17, 15) is 13.0 Å². The van der Waals surface area contributed by atoms with Crippen LogP contribution in [0.2, 0.25) is 0 Å². The fourth-order valence-electron chi connectivity index (χ4n) is 1.33. The van der Waals surface area contributed by atoms with Gasteiger partial charge >= 0.3 is 0 Å². The highest BCUT2D eigenvalue weighted by molar-refractivity contribution is 7.80. The SMILES string of the molecule is O=S(=O)([O-])OC(CCO)(CCO)CCO.[NH4+]. The van der Waals surface area contributed by atoms with Crippen LogP contribution in [0.4, 0.5) is 0 Å². The Hall–Kier alpha value is -0.290. The second-order valence-corrected chi connectivity index (χ2v) is 4.08. The lowest BCUT2D eigenvalue weighted by Gasteiger charge is -2.32. The Balaban J connectivity index is 0. The zero-order valence-electron chi connectivity index (χ0n) is 9.13. The molecule has 8 nitrogen and oxygen atoms in total. The summed E-state index contributed by atoms with van der Waals surface area (Å²) in [7, 11) is -4.93. The van der Waals surface area contributed by atoms with E-state index in [2.05, 4.69) is 4.18 Å². The number of aliphatic hydroxyl groups is 3. The monoisotopic (exact) mass is 261 g/mol. The van der Waals surface area contributed by atoms with Crippen LogP contribution in [-0.2, 0) is 14.6 Å². The number of rotatable bonds is 8. The summed E-state index contributed by atoms with van der Waals surface area (Å²) < 4.78 is 35.6. The van der Waals surface area contributed by atoms with Crippen molar-refractivity contribution >= 4 is 10.4 Å². The molecule has 0 aromatic heterocycles. The van der Waals surface area contributed by atoms with E-state index in [0.717, 1.165) is 0 Å². The smallest absolute Gasteiger partial charge is 0.218 e. The lowest BCUT2D eigenvalue weighted by atomic mass is 9.93. The molecule has 0 aromatic carbocycles. The maximum Gasteiger partial charge on any atom is 0.218 e. The first kappa shape index (κ1) is 18.1.